The number of rotatable bonds is 3. The molecule has 22 heavy (non-hydrogen) atoms. The summed E-state index contributed by atoms with van der Waals surface area (Å²) in [4.78, 5) is 12.0. The number of esters is 1. The molecule has 0 aromatic heterocycles. The fourth-order valence-electron chi connectivity index (χ4n) is 3.72. The normalized spacial score (nSPS) is 41.6. The van der Waals surface area contributed by atoms with Gasteiger partial charge in [-0.05, 0) is 53.0 Å². The average molecular weight is 311 g/mol. The summed E-state index contributed by atoms with van der Waals surface area (Å²) in [7, 11) is 0. The number of nitrogens with two attached hydrogens (primary N) is 1. The maximum atomic E-state index is 12.0. The molecule has 6 heteroatoms. The third kappa shape index (κ3) is 3.45. The number of piperidine rings is 1. The first kappa shape index (κ1) is 16.2. The van der Waals surface area contributed by atoms with Crippen LogP contribution in [-0.2, 0) is 14.3 Å². The molecule has 3 fully saturated rings. The fraction of sp³-hybridized carbons (Fsp3) is 0.938. The van der Waals surface area contributed by atoms with Gasteiger partial charge in [0, 0.05) is 18.1 Å². The quantitative estimate of drug-likeness (QED) is 0.650. The van der Waals surface area contributed by atoms with Gasteiger partial charge in [0.2, 0.25) is 0 Å². The molecule has 3 aliphatic rings. The summed E-state index contributed by atoms with van der Waals surface area (Å²) in [6.45, 7) is 7.51. The van der Waals surface area contributed by atoms with Crippen molar-refractivity contribution in [3.8, 4) is 0 Å². The van der Waals surface area contributed by atoms with Crippen molar-refractivity contribution in [1.82, 2.24) is 10.6 Å². The van der Waals surface area contributed by atoms with Crippen LogP contribution in [-0.4, -0.2) is 54.5 Å². The average Bonchev–Trinajstić information content (AvgIpc) is 2.30. The van der Waals surface area contributed by atoms with Crippen molar-refractivity contribution in [1.29, 1.82) is 0 Å². The van der Waals surface area contributed by atoms with Crippen LogP contribution in [0.5, 0.6) is 0 Å². The zero-order chi connectivity index (χ0) is 16.0. The fourth-order valence-corrected chi connectivity index (χ4v) is 3.72. The lowest BCUT2D eigenvalue weighted by Crippen LogP contribution is -2.73. The van der Waals surface area contributed by atoms with Crippen molar-refractivity contribution in [3.63, 3.8) is 0 Å². The third-order valence-electron chi connectivity index (χ3n) is 4.83. The van der Waals surface area contributed by atoms with Crippen molar-refractivity contribution in [2.45, 2.75) is 81.9 Å². The molecule has 0 aromatic rings. The molecule has 1 spiro atoms. The van der Waals surface area contributed by atoms with Gasteiger partial charge in [-0.25, -0.2) is 0 Å². The first-order valence-corrected chi connectivity index (χ1v) is 8.39. The van der Waals surface area contributed by atoms with Crippen LogP contribution in [0.1, 0.15) is 46.5 Å². The van der Waals surface area contributed by atoms with Crippen LogP contribution in [0, 0.1) is 0 Å². The molecule has 0 amide bonds. The molecule has 2 heterocycles. The molecule has 3 unspecified atom stereocenters. The summed E-state index contributed by atoms with van der Waals surface area (Å²) in [6, 6.07) is -0.0597. The molecule has 0 radical (unpaired) electrons. The number of carbonyl (C=O) groups excluding carboxylic acids is 1. The van der Waals surface area contributed by atoms with Crippen LogP contribution in [0.3, 0.4) is 0 Å². The van der Waals surface area contributed by atoms with Gasteiger partial charge in [0.05, 0.1) is 12.2 Å². The van der Waals surface area contributed by atoms with E-state index in [1.165, 1.54) is 0 Å². The van der Waals surface area contributed by atoms with E-state index in [2.05, 4.69) is 10.6 Å². The van der Waals surface area contributed by atoms with Crippen LogP contribution >= 0.6 is 0 Å². The Morgan fingerprint density at radius 1 is 1.27 bits per heavy atom. The van der Waals surface area contributed by atoms with Gasteiger partial charge in [0.25, 0.3) is 0 Å². The number of hydrogen-bond donors (Lipinski definition) is 3. The van der Waals surface area contributed by atoms with E-state index < -0.39 is 5.60 Å². The Balaban J connectivity index is 1.39. The molecule has 1 saturated carbocycles. The van der Waals surface area contributed by atoms with E-state index in [9.17, 15) is 4.79 Å². The lowest BCUT2D eigenvalue weighted by atomic mass is 9.64. The summed E-state index contributed by atoms with van der Waals surface area (Å²) in [6.07, 6.45) is 4.25. The molecule has 3 atom stereocenters. The van der Waals surface area contributed by atoms with Crippen LogP contribution in [0.15, 0.2) is 0 Å². The van der Waals surface area contributed by atoms with Crippen LogP contribution in [0.4, 0.5) is 0 Å². The van der Waals surface area contributed by atoms with E-state index in [1.54, 1.807) is 0 Å². The van der Waals surface area contributed by atoms with Gasteiger partial charge in [-0.15, -0.1) is 0 Å². The molecule has 0 bridgehead atoms. The Morgan fingerprint density at radius 3 is 2.55 bits per heavy atom. The standard InChI is InChI=1S/C16H29N3O3/c1-15(2,3)22-14(20)12-8-16(19-12)6-10(7-16)21-13-4-5-18-9-11(13)17/h10-13,18-19H,4-9,17H2,1-3H3. The summed E-state index contributed by atoms with van der Waals surface area (Å²) in [5.74, 6) is -0.136. The molecule has 0 aromatic carbocycles. The highest BCUT2D eigenvalue weighted by atomic mass is 16.6. The van der Waals surface area contributed by atoms with Crippen LogP contribution in [0.2, 0.25) is 0 Å². The second-order valence-electron chi connectivity index (χ2n) is 8.08. The first-order valence-electron chi connectivity index (χ1n) is 8.39. The molecule has 2 saturated heterocycles. The largest absolute Gasteiger partial charge is 0.459 e. The second-order valence-corrected chi connectivity index (χ2v) is 8.08. The predicted molar refractivity (Wildman–Crippen MR) is 83.5 cm³/mol. The molecule has 4 N–H and O–H groups in total. The van der Waals surface area contributed by atoms with Gasteiger partial charge in [0.15, 0.2) is 0 Å². The number of nitrogens with one attached hydrogen (secondary N) is 2. The topological polar surface area (TPSA) is 85.6 Å². The summed E-state index contributed by atoms with van der Waals surface area (Å²) in [5, 5.41) is 6.68. The molecule has 3 rings (SSSR count). The van der Waals surface area contributed by atoms with E-state index in [0.29, 0.717) is 0 Å². The zero-order valence-corrected chi connectivity index (χ0v) is 13.9. The Labute approximate surface area is 132 Å². The van der Waals surface area contributed by atoms with Crippen LogP contribution in [0.25, 0.3) is 0 Å². The van der Waals surface area contributed by atoms with Gasteiger partial charge < -0.3 is 20.5 Å². The predicted octanol–water partition coefficient (Wildman–Crippen LogP) is 0.297. The van der Waals surface area contributed by atoms with Crippen molar-refractivity contribution in [2.24, 2.45) is 5.73 Å². The second kappa shape index (κ2) is 5.74. The highest BCUT2D eigenvalue weighted by Crippen LogP contribution is 2.45. The number of carbonyl (C=O) groups is 1. The van der Waals surface area contributed by atoms with E-state index in [0.717, 1.165) is 38.8 Å². The molecule has 2 aliphatic heterocycles. The lowest BCUT2D eigenvalue weighted by molar-refractivity contribution is -0.173. The van der Waals surface area contributed by atoms with Crippen molar-refractivity contribution in [2.75, 3.05) is 13.1 Å². The smallest absolute Gasteiger partial charge is 0.323 e. The highest BCUT2D eigenvalue weighted by Gasteiger charge is 2.56. The monoisotopic (exact) mass is 311 g/mol. The van der Waals surface area contributed by atoms with Gasteiger partial charge in [-0.3, -0.25) is 10.1 Å². The zero-order valence-electron chi connectivity index (χ0n) is 13.9. The number of hydrogen-bond acceptors (Lipinski definition) is 6. The van der Waals surface area contributed by atoms with E-state index in [1.807, 2.05) is 20.8 Å². The van der Waals surface area contributed by atoms with Gasteiger partial charge in [-0.2, -0.15) is 0 Å². The van der Waals surface area contributed by atoms with E-state index >= 15 is 0 Å². The van der Waals surface area contributed by atoms with Gasteiger partial charge in [0.1, 0.15) is 11.6 Å². The van der Waals surface area contributed by atoms with Crippen molar-refractivity contribution >= 4 is 5.97 Å². The minimum atomic E-state index is -0.419. The minimum Gasteiger partial charge on any atom is -0.459 e. The molecular weight excluding hydrogens is 282 g/mol. The Hall–Kier alpha value is -0.690. The Bertz CT molecular complexity index is 421. The molecule has 6 nitrogen and oxygen atoms in total. The Morgan fingerprint density at radius 2 is 1.95 bits per heavy atom. The summed E-state index contributed by atoms with van der Waals surface area (Å²) >= 11 is 0. The highest BCUT2D eigenvalue weighted by molar-refractivity contribution is 5.78. The summed E-state index contributed by atoms with van der Waals surface area (Å²) in [5.41, 5.74) is 5.76. The lowest BCUT2D eigenvalue weighted by Gasteiger charge is -2.58. The Kier molecular flexibility index (Phi) is 4.22. The number of ether oxygens (including phenoxy) is 2. The molecular formula is C16H29N3O3. The van der Waals surface area contributed by atoms with Gasteiger partial charge in [-0.1, -0.05) is 0 Å². The molecule has 1 aliphatic carbocycles. The van der Waals surface area contributed by atoms with Crippen molar-refractivity contribution in [3.05, 3.63) is 0 Å². The third-order valence-corrected chi connectivity index (χ3v) is 4.83. The maximum absolute atomic E-state index is 12.0. The van der Waals surface area contributed by atoms with Crippen LogP contribution < -0.4 is 16.4 Å². The summed E-state index contributed by atoms with van der Waals surface area (Å²) < 4.78 is 11.5. The SMILES string of the molecule is CC(C)(C)OC(=O)C1CC2(CC(OC3CCNCC3N)C2)N1. The minimum absolute atomic E-state index is 0.0918. The maximum Gasteiger partial charge on any atom is 0.323 e. The van der Waals surface area contributed by atoms with Crippen molar-refractivity contribution < 1.29 is 14.3 Å². The van der Waals surface area contributed by atoms with Gasteiger partial charge >= 0.3 is 5.97 Å². The van der Waals surface area contributed by atoms with E-state index in [-0.39, 0.29) is 35.8 Å². The molecule has 126 valence electrons. The first-order chi connectivity index (χ1) is 10.3. The van der Waals surface area contributed by atoms with E-state index in [4.69, 9.17) is 15.2 Å².